The quantitative estimate of drug-likeness (QED) is 0.278. The number of fused-ring (bicyclic) bond motifs is 1. The highest BCUT2D eigenvalue weighted by Gasteiger charge is 2.33. The Morgan fingerprint density at radius 1 is 0.763 bits per heavy atom. The Morgan fingerprint density at radius 3 is 1.76 bits per heavy atom. The van der Waals surface area contributed by atoms with Crippen molar-refractivity contribution in [3.8, 4) is 17.1 Å². The molecule has 6 heteroatoms. The van der Waals surface area contributed by atoms with Crippen molar-refractivity contribution in [2.45, 2.75) is 63.2 Å². The van der Waals surface area contributed by atoms with Crippen molar-refractivity contribution in [2.24, 2.45) is 0 Å². The molecule has 0 radical (unpaired) electrons. The SMILES string of the molecule is BC(C)(C)c1ccc(-c2nc3ccccc3n2-c2c(C(C)C)cc(C(B)(B)S(C)(C)C)cc2C(C)C)cc1. The second-order valence-electron chi connectivity index (χ2n) is 13.7. The van der Waals surface area contributed by atoms with Crippen LogP contribution in [0.25, 0.3) is 28.1 Å². The van der Waals surface area contributed by atoms with E-state index in [4.69, 9.17) is 4.98 Å². The van der Waals surface area contributed by atoms with E-state index < -0.39 is 10.0 Å². The predicted octanol–water partition coefficient (Wildman–Crippen LogP) is 5.88. The van der Waals surface area contributed by atoms with E-state index in [0.717, 1.165) is 16.9 Å². The number of hydrogen-bond donors (Lipinski definition) is 0. The third-order valence-electron chi connectivity index (χ3n) is 8.43. The van der Waals surface area contributed by atoms with Crippen LogP contribution >= 0.6 is 10.0 Å². The Bertz CT molecular complexity index is 1420. The molecular weight excluding hydrogens is 477 g/mol. The summed E-state index contributed by atoms with van der Waals surface area (Å²) in [5.74, 6) is 1.78. The Labute approximate surface area is 235 Å². The van der Waals surface area contributed by atoms with E-state index in [-0.39, 0.29) is 9.86 Å². The van der Waals surface area contributed by atoms with Crippen molar-refractivity contribution in [3.63, 3.8) is 0 Å². The van der Waals surface area contributed by atoms with Crippen LogP contribution in [0.5, 0.6) is 0 Å². The van der Waals surface area contributed by atoms with Gasteiger partial charge in [0.1, 0.15) is 29.4 Å². The van der Waals surface area contributed by atoms with Gasteiger partial charge in [0.05, 0.1) is 16.7 Å². The molecule has 1 heterocycles. The largest absolute Gasteiger partial charge is 0.292 e. The standard InChI is InChI=1S/C32H45B3N2S/c1-20(2)25-18-24(32(34,35)38(7,8)9)19-26(21(3)4)29(25)37-28-13-11-10-12-27(28)36-30(37)22-14-16-23(17-15-22)31(5,6)33/h10-21H,33-35H2,1-9H3. The van der Waals surface area contributed by atoms with Gasteiger partial charge in [0.25, 0.3) is 0 Å². The van der Waals surface area contributed by atoms with Gasteiger partial charge in [-0.1, -0.05) is 95.6 Å². The molecule has 0 N–H and O–H groups in total. The van der Waals surface area contributed by atoms with E-state index in [1.807, 2.05) is 0 Å². The molecule has 198 valence electrons. The molecule has 0 spiro atoms. The Hall–Kier alpha value is -2.33. The maximum Gasteiger partial charge on any atom is 0.145 e. The maximum atomic E-state index is 5.23. The summed E-state index contributed by atoms with van der Waals surface area (Å²) in [4.78, 5) is 5.23. The summed E-state index contributed by atoms with van der Waals surface area (Å²) < 4.78 is 2.56. The number of hydrogen-bond acceptors (Lipinski definition) is 1. The minimum atomic E-state index is -0.828. The van der Waals surface area contributed by atoms with Crippen molar-refractivity contribution >= 4 is 44.6 Å². The van der Waals surface area contributed by atoms with Crippen LogP contribution in [0.1, 0.15) is 75.6 Å². The first-order chi connectivity index (χ1) is 17.5. The summed E-state index contributed by atoms with van der Waals surface area (Å²) in [6.07, 6.45) is 7.31. The summed E-state index contributed by atoms with van der Waals surface area (Å²) in [5, 5.41) is 0.117. The molecule has 0 aliphatic carbocycles. The molecule has 0 fully saturated rings. The number of rotatable bonds is 7. The zero-order valence-corrected chi connectivity index (χ0v) is 26.5. The highest BCUT2D eigenvalue weighted by Crippen LogP contribution is 2.53. The molecule has 4 rings (SSSR count). The first-order valence-corrected chi connectivity index (χ1v) is 16.8. The van der Waals surface area contributed by atoms with Crippen molar-refractivity contribution in [3.05, 3.63) is 82.9 Å². The number of aromatic nitrogens is 2. The first kappa shape index (κ1) is 28.7. The maximum absolute atomic E-state index is 5.23. The normalized spacial score (nSPS) is 13.6. The molecule has 2 nitrogen and oxygen atoms in total. The molecular formula is C32H45B3N2S. The van der Waals surface area contributed by atoms with Gasteiger partial charge in [-0.15, -0.1) is 0 Å². The van der Waals surface area contributed by atoms with Gasteiger partial charge in [-0.05, 0) is 69.3 Å². The van der Waals surface area contributed by atoms with Crippen LogP contribution in [0.4, 0.5) is 0 Å². The third kappa shape index (κ3) is 5.14. The number of benzene rings is 3. The summed E-state index contributed by atoms with van der Waals surface area (Å²) in [5.41, 5.74) is 10.3. The topological polar surface area (TPSA) is 17.8 Å². The summed E-state index contributed by atoms with van der Waals surface area (Å²) in [6.45, 7) is 13.9. The van der Waals surface area contributed by atoms with E-state index in [2.05, 4.69) is 149 Å². The van der Waals surface area contributed by atoms with Gasteiger partial charge in [-0.3, -0.25) is 14.6 Å². The van der Waals surface area contributed by atoms with E-state index >= 15 is 0 Å². The summed E-state index contributed by atoms with van der Waals surface area (Å²) in [6, 6.07) is 22.6. The Kier molecular flexibility index (Phi) is 7.55. The second-order valence-corrected chi connectivity index (χ2v) is 18.4. The lowest BCUT2D eigenvalue weighted by molar-refractivity contribution is 0.764. The van der Waals surface area contributed by atoms with E-state index in [1.165, 1.54) is 33.5 Å². The van der Waals surface area contributed by atoms with Crippen LogP contribution in [0.2, 0.25) is 0 Å². The van der Waals surface area contributed by atoms with E-state index in [0.29, 0.717) is 11.8 Å². The summed E-state index contributed by atoms with van der Waals surface area (Å²) in [7, 11) is 6.30. The fourth-order valence-electron chi connectivity index (χ4n) is 5.08. The zero-order chi connectivity index (χ0) is 28.2. The molecule has 3 aromatic carbocycles. The lowest BCUT2D eigenvalue weighted by atomic mass is 9.64. The highest BCUT2D eigenvalue weighted by atomic mass is 32.3. The summed E-state index contributed by atoms with van der Waals surface area (Å²) >= 11 is 0. The Morgan fingerprint density at radius 2 is 1.29 bits per heavy atom. The van der Waals surface area contributed by atoms with Crippen LogP contribution in [0.15, 0.2) is 60.7 Å². The molecule has 0 atom stereocenters. The number of para-hydroxylation sites is 2. The van der Waals surface area contributed by atoms with E-state index in [9.17, 15) is 0 Å². The van der Waals surface area contributed by atoms with Crippen molar-refractivity contribution in [1.82, 2.24) is 9.55 Å². The average Bonchev–Trinajstić information content (AvgIpc) is 3.21. The van der Waals surface area contributed by atoms with Gasteiger partial charge in [0, 0.05) is 5.56 Å². The third-order valence-corrected chi connectivity index (χ3v) is 11.7. The second kappa shape index (κ2) is 10.0. The molecule has 0 saturated heterocycles. The fourth-order valence-corrected chi connectivity index (χ4v) is 5.91. The molecule has 0 bridgehead atoms. The molecule has 0 amide bonds. The number of imidazole rings is 1. The number of nitrogens with zero attached hydrogens (tertiary/aromatic N) is 2. The minimum absolute atomic E-state index is 0.113. The average molecular weight is 522 g/mol. The lowest BCUT2D eigenvalue weighted by Crippen LogP contribution is -2.33. The van der Waals surface area contributed by atoms with E-state index in [1.54, 1.807) is 0 Å². The molecule has 0 saturated carbocycles. The molecule has 0 unspecified atom stereocenters. The van der Waals surface area contributed by atoms with Crippen LogP contribution < -0.4 is 0 Å². The molecule has 1 aromatic heterocycles. The lowest BCUT2D eigenvalue weighted by Gasteiger charge is -2.45. The zero-order valence-electron chi connectivity index (χ0n) is 25.7. The van der Waals surface area contributed by atoms with Gasteiger partial charge < -0.3 is 0 Å². The van der Waals surface area contributed by atoms with Crippen LogP contribution in [0.3, 0.4) is 0 Å². The first-order valence-electron chi connectivity index (χ1n) is 14.0. The fraction of sp³-hybridized carbons (Fsp3) is 0.406. The van der Waals surface area contributed by atoms with Gasteiger partial charge in [0.2, 0.25) is 0 Å². The Balaban J connectivity index is 2.09. The predicted molar refractivity (Wildman–Crippen MR) is 180 cm³/mol. The van der Waals surface area contributed by atoms with Gasteiger partial charge >= 0.3 is 0 Å². The van der Waals surface area contributed by atoms with Crippen molar-refractivity contribution in [2.75, 3.05) is 18.8 Å². The molecule has 4 aromatic rings. The minimum Gasteiger partial charge on any atom is -0.292 e. The van der Waals surface area contributed by atoms with Crippen LogP contribution in [0, 0.1) is 0 Å². The monoisotopic (exact) mass is 522 g/mol. The van der Waals surface area contributed by atoms with Crippen molar-refractivity contribution < 1.29 is 0 Å². The van der Waals surface area contributed by atoms with Crippen LogP contribution in [-0.4, -0.2) is 51.9 Å². The smallest absolute Gasteiger partial charge is 0.145 e. The van der Waals surface area contributed by atoms with Crippen molar-refractivity contribution in [1.29, 1.82) is 0 Å². The van der Waals surface area contributed by atoms with Gasteiger partial charge in [-0.25, -0.2) is 4.98 Å². The van der Waals surface area contributed by atoms with Crippen LogP contribution in [-0.2, 0) is 9.86 Å². The van der Waals surface area contributed by atoms with Gasteiger partial charge in [-0.2, -0.15) is 0 Å². The molecule has 0 aliphatic rings. The van der Waals surface area contributed by atoms with Gasteiger partial charge in [0.15, 0.2) is 0 Å². The molecule has 0 aliphatic heterocycles. The highest BCUT2D eigenvalue weighted by molar-refractivity contribution is 8.34. The molecule has 38 heavy (non-hydrogen) atoms.